The van der Waals surface area contributed by atoms with Crippen molar-refractivity contribution < 1.29 is 4.79 Å². The smallest absolute Gasteiger partial charge is 0.224 e. The summed E-state index contributed by atoms with van der Waals surface area (Å²) >= 11 is 1.44. The van der Waals surface area contributed by atoms with E-state index in [1.807, 2.05) is 30.4 Å². The van der Waals surface area contributed by atoms with Crippen molar-refractivity contribution in [2.45, 2.75) is 46.6 Å². The number of rotatable bonds is 4. The molecule has 1 amide bonds. The number of carbonyl (C=O) groups excluding carboxylic acids is 1. The predicted molar refractivity (Wildman–Crippen MR) is 99.1 cm³/mol. The van der Waals surface area contributed by atoms with Crippen LogP contribution in [0.5, 0.6) is 0 Å². The Hall–Kier alpha value is -1.96. The topological polar surface area (TPSA) is 67.2 Å². The van der Waals surface area contributed by atoms with Gasteiger partial charge in [-0.3, -0.25) is 9.48 Å². The SMILES string of the molecule is Cc1cc(C)n(C(C)CC(=O)N2CCCN(c3nc(C)ns3)CC2)n1. The summed E-state index contributed by atoms with van der Waals surface area (Å²) in [7, 11) is 0. The molecule has 0 saturated carbocycles. The highest BCUT2D eigenvalue weighted by Crippen LogP contribution is 2.20. The molecule has 1 aliphatic rings. The van der Waals surface area contributed by atoms with E-state index in [0.717, 1.165) is 54.9 Å². The number of amides is 1. The minimum absolute atomic E-state index is 0.0753. The fourth-order valence-electron chi connectivity index (χ4n) is 3.33. The molecule has 8 heteroatoms. The van der Waals surface area contributed by atoms with Crippen LogP contribution in [0.2, 0.25) is 0 Å². The maximum absolute atomic E-state index is 12.7. The summed E-state index contributed by atoms with van der Waals surface area (Å²) in [5, 5.41) is 5.47. The number of hydrogen-bond acceptors (Lipinski definition) is 6. The maximum atomic E-state index is 12.7. The van der Waals surface area contributed by atoms with Gasteiger partial charge in [-0.2, -0.15) is 9.47 Å². The Bertz CT molecular complexity index is 739. The lowest BCUT2D eigenvalue weighted by atomic mass is 10.2. The van der Waals surface area contributed by atoms with Gasteiger partial charge in [-0.1, -0.05) is 0 Å². The van der Waals surface area contributed by atoms with Crippen LogP contribution in [0.4, 0.5) is 5.13 Å². The zero-order chi connectivity index (χ0) is 18.0. The van der Waals surface area contributed by atoms with Gasteiger partial charge in [-0.25, -0.2) is 4.98 Å². The third kappa shape index (κ3) is 4.18. The molecule has 3 rings (SSSR count). The summed E-state index contributed by atoms with van der Waals surface area (Å²) < 4.78 is 6.22. The number of aryl methyl sites for hydroxylation is 3. The van der Waals surface area contributed by atoms with Gasteiger partial charge in [0.25, 0.3) is 0 Å². The molecule has 25 heavy (non-hydrogen) atoms. The first-order valence-electron chi connectivity index (χ1n) is 8.80. The second-order valence-electron chi connectivity index (χ2n) is 6.77. The molecule has 1 aliphatic heterocycles. The highest BCUT2D eigenvalue weighted by atomic mass is 32.1. The standard InChI is InChI=1S/C17H26N6OS/c1-12-10-13(2)23(19-12)14(3)11-16(24)21-6-5-7-22(9-8-21)17-18-15(4)20-25-17/h10,14H,5-9,11H2,1-4H3. The third-order valence-corrected chi connectivity index (χ3v) is 5.44. The Morgan fingerprint density at radius 3 is 2.68 bits per heavy atom. The van der Waals surface area contributed by atoms with Gasteiger partial charge in [-0.15, -0.1) is 0 Å². The summed E-state index contributed by atoms with van der Waals surface area (Å²) in [5.41, 5.74) is 2.10. The Morgan fingerprint density at radius 1 is 1.24 bits per heavy atom. The zero-order valence-corrected chi connectivity index (χ0v) is 16.2. The minimum atomic E-state index is 0.0753. The summed E-state index contributed by atoms with van der Waals surface area (Å²) in [6, 6.07) is 2.13. The minimum Gasteiger partial charge on any atom is -0.345 e. The van der Waals surface area contributed by atoms with Crippen LogP contribution in [-0.2, 0) is 4.79 Å². The van der Waals surface area contributed by atoms with E-state index < -0.39 is 0 Å². The van der Waals surface area contributed by atoms with E-state index in [0.29, 0.717) is 6.42 Å². The number of hydrogen-bond donors (Lipinski definition) is 0. The van der Waals surface area contributed by atoms with Crippen LogP contribution in [0.15, 0.2) is 6.07 Å². The zero-order valence-electron chi connectivity index (χ0n) is 15.4. The summed E-state index contributed by atoms with van der Waals surface area (Å²) in [4.78, 5) is 21.4. The van der Waals surface area contributed by atoms with Gasteiger partial charge in [0.05, 0.1) is 11.7 Å². The van der Waals surface area contributed by atoms with E-state index in [9.17, 15) is 4.79 Å². The largest absolute Gasteiger partial charge is 0.345 e. The second kappa shape index (κ2) is 7.51. The molecule has 1 unspecified atom stereocenters. The molecule has 1 atom stereocenters. The molecule has 136 valence electrons. The fourth-order valence-corrected chi connectivity index (χ4v) is 4.06. The van der Waals surface area contributed by atoms with E-state index in [1.165, 1.54) is 11.5 Å². The van der Waals surface area contributed by atoms with Gasteiger partial charge >= 0.3 is 0 Å². The van der Waals surface area contributed by atoms with Crippen LogP contribution in [0.3, 0.4) is 0 Å². The van der Waals surface area contributed by atoms with Gasteiger partial charge in [-0.05, 0) is 40.2 Å². The van der Waals surface area contributed by atoms with E-state index in [4.69, 9.17) is 0 Å². The van der Waals surface area contributed by atoms with E-state index in [2.05, 4.69) is 32.3 Å². The Labute approximate surface area is 152 Å². The number of nitrogens with zero attached hydrogens (tertiary/aromatic N) is 6. The van der Waals surface area contributed by atoms with Crippen LogP contribution in [0.25, 0.3) is 0 Å². The van der Waals surface area contributed by atoms with Gasteiger partial charge in [0.2, 0.25) is 11.0 Å². The predicted octanol–water partition coefficient (Wildman–Crippen LogP) is 2.35. The van der Waals surface area contributed by atoms with Crippen molar-refractivity contribution in [1.82, 2.24) is 24.0 Å². The van der Waals surface area contributed by atoms with Gasteiger partial charge in [0.15, 0.2) is 0 Å². The normalized spacial score (nSPS) is 16.8. The highest BCUT2D eigenvalue weighted by Gasteiger charge is 2.23. The van der Waals surface area contributed by atoms with Crippen molar-refractivity contribution in [2.75, 3.05) is 31.1 Å². The van der Waals surface area contributed by atoms with Gasteiger partial charge in [0.1, 0.15) is 5.82 Å². The monoisotopic (exact) mass is 362 g/mol. The first kappa shape index (κ1) is 17.8. The fraction of sp³-hybridized carbons (Fsp3) is 0.647. The first-order valence-corrected chi connectivity index (χ1v) is 9.57. The lowest BCUT2D eigenvalue weighted by Gasteiger charge is -2.23. The molecule has 0 aliphatic carbocycles. The Kier molecular flexibility index (Phi) is 5.36. The van der Waals surface area contributed by atoms with Crippen LogP contribution in [0, 0.1) is 20.8 Å². The van der Waals surface area contributed by atoms with Crippen molar-refractivity contribution in [1.29, 1.82) is 0 Å². The molecule has 3 heterocycles. The molecular weight excluding hydrogens is 336 g/mol. The number of carbonyl (C=O) groups is 1. The summed E-state index contributed by atoms with van der Waals surface area (Å²) in [5.74, 6) is 1.02. The molecule has 0 spiro atoms. The number of anilines is 1. The lowest BCUT2D eigenvalue weighted by Crippen LogP contribution is -2.36. The quantitative estimate of drug-likeness (QED) is 0.835. The molecule has 2 aromatic rings. The molecular formula is C17H26N6OS. The molecule has 0 aromatic carbocycles. The van der Waals surface area contributed by atoms with E-state index >= 15 is 0 Å². The third-order valence-electron chi connectivity index (χ3n) is 4.57. The Balaban J connectivity index is 1.58. The van der Waals surface area contributed by atoms with Crippen LogP contribution in [-0.4, -0.2) is 56.1 Å². The van der Waals surface area contributed by atoms with Crippen LogP contribution < -0.4 is 4.90 Å². The molecule has 0 N–H and O–H groups in total. The number of aromatic nitrogens is 4. The average Bonchev–Trinajstić information content (AvgIpc) is 3.03. The molecule has 7 nitrogen and oxygen atoms in total. The van der Waals surface area contributed by atoms with Crippen molar-refractivity contribution in [2.24, 2.45) is 0 Å². The van der Waals surface area contributed by atoms with Gasteiger partial charge < -0.3 is 9.80 Å². The van der Waals surface area contributed by atoms with Crippen LogP contribution in [0.1, 0.15) is 43.0 Å². The average molecular weight is 363 g/mol. The first-order chi connectivity index (χ1) is 11.9. The molecule has 1 fully saturated rings. The van der Waals surface area contributed by atoms with Crippen molar-refractivity contribution >= 4 is 22.6 Å². The van der Waals surface area contributed by atoms with Gasteiger partial charge in [0, 0.05) is 49.8 Å². The molecule has 1 saturated heterocycles. The van der Waals surface area contributed by atoms with Crippen molar-refractivity contribution in [3.8, 4) is 0 Å². The van der Waals surface area contributed by atoms with E-state index in [1.54, 1.807) is 0 Å². The van der Waals surface area contributed by atoms with E-state index in [-0.39, 0.29) is 11.9 Å². The summed E-state index contributed by atoms with van der Waals surface area (Å²) in [6.07, 6.45) is 1.44. The lowest BCUT2D eigenvalue weighted by molar-refractivity contribution is -0.131. The van der Waals surface area contributed by atoms with Crippen molar-refractivity contribution in [3.05, 3.63) is 23.3 Å². The highest BCUT2D eigenvalue weighted by molar-refractivity contribution is 7.09. The summed E-state index contributed by atoms with van der Waals surface area (Å²) in [6.45, 7) is 11.3. The molecule has 0 radical (unpaired) electrons. The second-order valence-corrected chi connectivity index (χ2v) is 7.50. The van der Waals surface area contributed by atoms with Crippen molar-refractivity contribution in [3.63, 3.8) is 0 Å². The maximum Gasteiger partial charge on any atom is 0.224 e. The molecule has 0 bridgehead atoms. The molecule has 2 aromatic heterocycles. The Morgan fingerprint density at radius 2 is 2.04 bits per heavy atom. The van der Waals surface area contributed by atoms with Crippen LogP contribution >= 0.6 is 11.5 Å².